The van der Waals surface area contributed by atoms with Gasteiger partial charge in [0.2, 0.25) is 6.33 Å². The van der Waals surface area contributed by atoms with Crippen LogP contribution in [-0.4, -0.2) is 21.6 Å². The summed E-state index contributed by atoms with van der Waals surface area (Å²) < 4.78 is 21.8. The highest BCUT2D eigenvalue weighted by Gasteiger charge is 2.18. The largest absolute Gasteiger partial charge is 0.496 e. The lowest BCUT2D eigenvalue weighted by atomic mass is 10.0. The van der Waals surface area contributed by atoms with Crippen LogP contribution in [0.25, 0.3) is 11.1 Å². The van der Waals surface area contributed by atoms with Crippen LogP contribution < -0.4 is 4.74 Å². The van der Waals surface area contributed by atoms with Crippen molar-refractivity contribution in [2.75, 3.05) is 7.11 Å². The maximum Gasteiger partial charge on any atom is 0.381 e. The molecule has 0 saturated heterocycles. The van der Waals surface area contributed by atoms with E-state index in [4.69, 9.17) is 16.3 Å². The maximum absolute atomic E-state index is 15.1. The third kappa shape index (κ3) is 3.46. The van der Waals surface area contributed by atoms with Crippen LogP contribution in [0.4, 0.5) is 10.2 Å². The van der Waals surface area contributed by atoms with Gasteiger partial charge in [0.15, 0.2) is 0 Å². The summed E-state index contributed by atoms with van der Waals surface area (Å²) >= 11 is 6.01. The molecule has 0 unspecified atom stereocenters. The highest BCUT2D eigenvalue weighted by atomic mass is 35.5. The Labute approximate surface area is 147 Å². The van der Waals surface area contributed by atoms with Crippen LogP contribution in [-0.2, 0) is 6.54 Å². The van der Waals surface area contributed by atoms with Gasteiger partial charge in [0.25, 0.3) is 0 Å². The molecule has 6 nitrogen and oxygen atoms in total. The number of nitrogens with zero attached hydrogens (tertiary/aromatic N) is 3. The minimum Gasteiger partial charge on any atom is -0.496 e. The van der Waals surface area contributed by atoms with Gasteiger partial charge in [-0.3, -0.25) is 0 Å². The second kappa shape index (κ2) is 6.90. The first-order valence-electron chi connectivity index (χ1n) is 7.27. The lowest BCUT2D eigenvalue weighted by Crippen LogP contribution is -2.02. The molecule has 0 saturated carbocycles. The Bertz CT molecular complexity index is 943. The molecule has 1 aromatic heterocycles. The number of imidazole rings is 1. The molecule has 0 radical (unpaired) electrons. The number of halogens is 2. The van der Waals surface area contributed by atoms with E-state index in [2.05, 4.69) is 4.98 Å². The van der Waals surface area contributed by atoms with E-state index in [1.54, 1.807) is 36.4 Å². The molecule has 3 aromatic rings. The summed E-state index contributed by atoms with van der Waals surface area (Å²) in [5.74, 6) is -0.387. The van der Waals surface area contributed by atoms with E-state index < -0.39 is 10.7 Å². The molecule has 3 rings (SSSR count). The van der Waals surface area contributed by atoms with E-state index in [0.29, 0.717) is 21.9 Å². The van der Waals surface area contributed by atoms with Gasteiger partial charge in [-0.15, -0.1) is 0 Å². The number of ether oxygens (including phenoxy) is 1. The van der Waals surface area contributed by atoms with Crippen molar-refractivity contribution in [2.24, 2.45) is 0 Å². The normalized spacial score (nSPS) is 10.7. The second-order valence-electron chi connectivity index (χ2n) is 5.29. The van der Waals surface area contributed by atoms with Crippen molar-refractivity contribution in [2.45, 2.75) is 6.54 Å². The molecule has 2 aromatic carbocycles. The lowest BCUT2D eigenvalue weighted by Gasteiger charge is -2.13. The number of methoxy groups -OCH3 is 1. The number of rotatable bonds is 5. The van der Waals surface area contributed by atoms with Crippen LogP contribution in [0, 0.1) is 15.9 Å². The molecule has 0 aliphatic rings. The number of aromatic nitrogens is 2. The molecular formula is C17H13ClFN3O3. The van der Waals surface area contributed by atoms with Crippen molar-refractivity contribution >= 4 is 17.4 Å². The minimum atomic E-state index is -0.599. The molecule has 25 heavy (non-hydrogen) atoms. The summed E-state index contributed by atoms with van der Waals surface area (Å²) in [6.45, 7) is 0.101. The third-order valence-corrected chi connectivity index (χ3v) is 3.91. The van der Waals surface area contributed by atoms with E-state index >= 15 is 4.39 Å². The summed E-state index contributed by atoms with van der Waals surface area (Å²) in [7, 11) is 1.46. The van der Waals surface area contributed by atoms with Gasteiger partial charge in [0, 0.05) is 10.6 Å². The first-order valence-corrected chi connectivity index (χ1v) is 7.65. The van der Waals surface area contributed by atoms with Crippen molar-refractivity contribution in [3.05, 3.63) is 75.4 Å². The average Bonchev–Trinajstić information content (AvgIpc) is 3.05. The standard InChI is InChI=1S/C17H13ClFN3O3/c1-25-14-6-5-12(8-21-9-15(20-10-21)22(23)24)17(19)16(14)11-3-2-4-13(18)7-11/h2-7,9-10H,8H2,1H3. The number of hydrogen-bond acceptors (Lipinski definition) is 4. The summed E-state index contributed by atoms with van der Waals surface area (Å²) in [5.41, 5.74) is 1.22. The Kier molecular flexibility index (Phi) is 4.67. The number of benzene rings is 2. The topological polar surface area (TPSA) is 70.2 Å². The zero-order valence-corrected chi connectivity index (χ0v) is 13.9. The minimum absolute atomic E-state index is 0.101. The number of nitro groups is 1. The molecule has 0 bridgehead atoms. The zero-order chi connectivity index (χ0) is 18.0. The van der Waals surface area contributed by atoms with Crippen molar-refractivity contribution in [3.8, 4) is 16.9 Å². The van der Waals surface area contributed by atoms with Crippen LogP contribution in [0.3, 0.4) is 0 Å². The summed E-state index contributed by atoms with van der Waals surface area (Å²) in [5, 5.41) is 11.2. The Morgan fingerprint density at radius 2 is 2.16 bits per heavy atom. The van der Waals surface area contributed by atoms with Gasteiger partial charge >= 0.3 is 5.82 Å². The zero-order valence-electron chi connectivity index (χ0n) is 13.1. The van der Waals surface area contributed by atoms with E-state index in [0.717, 1.165) is 0 Å². The third-order valence-electron chi connectivity index (χ3n) is 3.68. The smallest absolute Gasteiger partial charge is 0.381 e. The predicted molar refractivity (Wildman–Crippen MR) is 91.4 cm³/mol. The maximum atomic E-state index is 15.1. The average molecular weight is 362 g/mol. The second-order valence-corrected chi connectivity index (χ2v) is 5.72. The van der Waals surface area contributed by atoms with Crippen LogP contribution in [0.5, 0.6) is 5.75 Å². The van der Waals surface area contributed by atoms with Crippen molar-refractivity contribution < 1.29 is 14.1 Å². The van der Waals surface area contributed by atoms with Gasteiger partial charge in [0.1, 0.15) is 17.8 Å². The SMILES string of the molecule is COc1ccc(Cn2cnc([N+](=O)[O-])c2)c(F)c1-c1cccc(Cl)c1. The summed E-state index contributed by atoms with van der Waals surface area (Å²) in [4.78, 5) is 13.8. The molecule has 0 aliphatic carbocycles. The van der Waals surface area contributed by atoms with Crippen molar-refractivity contribution in [3.63, 3.8) is 0 Å². The Morgan fingerprint density at radius 3 is 2.80 bits per heavy atom. The molecule has 0 N–H and O–H groups in total. The van der Waals surface area contributed by atoms with E-state index in [1.165, 1.54) is 24.2 Å². The summed E-state index contributed by atoms with van der Waals surface area (Å²) in [6.07, 6.45) is 2.55. The Balaban J connectivity index is 2.04. The highest BCUT2D eigenvalue weighted by molar-refractivity contribution is 6.30. The highest BCUT2D eigenvalue weighted by Crippen LogP contribution is 2.35. The van der Waals surface area contributed by atoms with Crippen molar-refractivity contribution in [1.29, 1.82) is 0 Å². The number of hydrogen-bond donors (Lipinski definition) is 0. The Hall–Kier alpha value is -2.93. The molecule has 0 atom stereocenters. The first-order chi connectivity index (χ1) is 12.0. The quantitative estimate of drug-likeness (QED) is 0.501. The van der Waals surface area contributed by atoms with Gasteiger partial charge in [-0.25, -0.2) is 4.39 Å². The van der Waals surface area contributed by atoms with E-state index in [-0.39, 0.29) is 17.9 Å². The molecule has 128 valence electrons. The van der Waals surface area contributed by atoms with Gasteiger partial charge < -0.3 is 19.4 Å². The van der Waals surface area contributed by atoms with E-state index in [9.17, 15) is 10.1 Å². The van der Waals surface area contributed by atoms with Crippen LogP contribution in [0.1, 0.15) is 5.56 Å². The molecule has 0 fully saturated rings. The lowest BCUT2D eigenvalue weighted by molar-refractivity contribution is -0.389. The summed E-state index contributed by atoms with van der Waals surface area (Å²) in [6, 6.07) is 10.0. The van der Waals surface area contributed by atoms with Gasteiger partial charge in [-0.05, 0) is 33.7 Å². The first kappa shape index (κ1) is 16.9. The monoisotopic (exact) mass is 361 g/mol. The van der Waals surface area contributed by atoms with Gasteiger partial charge in [0.05, 0.1) is 19.2 Å². The molecule has 0 amide bonds. The molecular weight excluding hydrogens is 349 g/mol. The molecule has 1 heterocycles. The van der Waals surface area contributed by atoms with Gasteiger partial charge in [-0.2, -0.15) is 0 Å². The van der Waals surface area contributed by atoms with Crippen LogP contribution in [0.15, 0.2) is 48.9 Å². The predicted octanol–water partition coefficient (Wildman–Crippen LogP) is 4.31. The van der Waals surface area contributed by atoms with Gasteiger partial charge in [-0.1, -0.05) is 29.8 Å². The molecule has 0 spiro atoms. The fourth-order valence-electron chi connectivity index (χ4n) is 2.53. The van der Waals surface area contributed by atoms with Crippen molar-refractivity contribution in [1.82, 2.24) is 9.55 Å². The van der Waals surface area contributed by atoms with Crippen LogP contribution in [0.2, 0.25) is 5.02 Å². The molecule has 8 heteroatoms. The fraction of sp³-hybridized carbons (Fsp3) is 0.118. The molecule has 0 aliphatic heterocycles. The fourth-order valence-corrected chi connectivity index (χ4v) is 2.72. The van der Waals surface area contributed by atoms with Crippen LogP contribution >= 0.6 is 11.6 Å². The Morgan fingerprint density at radius 1 is 1.36 bits per heavy atom. The van der Waals surface area contributed by atoms with E-state index in [1.807, 2.05) is 0 Å².